The van der Waals surface area contributed by atoms with Crippen molar-refractivity contribution in [1.29, 1.82) is 0 Å². The van der Waals surface area contributed by atoms with E-state index in [4.69, 9.17) is 0 Å². The van der Waals surface area contributed by atoms with E-state index in [0.717, 1.165) is 35.0 Å². The van der Waals surface area contributed by atoms with Gasteiger partial charge in [0.15, 0.2) is 0 Å². The minimum Gasteiger partial charge on any atom is -0.493 e. The molecule has 0 aliphatic carbocycles. The van der Waals surface area contributed by atoms with Crippen molar-refractivity contribution in [2.75, 3.05) is 0 Å². The van der Waals surface area contributed by atoms with Gasteiger partial charge in [0.05, 0.1) is 5.69 Å². The van der Waals surface area contributed by atoms with Crippen LogP contribution in [0.3, 0.4) is 0 Å². The molecule has 0 saturated heterocycles. The summed E-state index contributed by atoms with van der Waals surface area (Å²) in [5.74, 6) is 0.115. The number of nitrogens with zero attached hydrogens (tertiary/aromatic N) is 2. The van der Waals surface area contributed by atoms with Crippen LogP contribution in [0.15, 0.2) is 45.9 Å². The van der Waals surface area contributed by atoms with Crippen molar-refractivity contribution in [3.8, 4) is 5.88 Å². The van der Waals surface area contributed by atoms with E-state index in [9.17, 15) is 9.90 Å². The lowest BCUT2D eigenvalue weighted by atomic mass is 9.94. The molecule has 5 nitrogen and oxygen atoms in total. The topological polar surface area (TPSA) is 62.9 Å². The van der Waals surface area contributed by atoms with Crippen molar-refractivity contribution in [2.45, 2.75) is 38.8 Å². The second-order valence-corrected chi connectivity index (χ2v) is 7.91. The Kier molecular flexibility index (Phi) is 3.75. The third-order valence-electron chi connectivity index (χ3n) is 5.56. The second-order valence-electron chi connectivity index (χ2n) is 7.13. The molecular weight excluding hydrogens is 358 g/mol. The van der Waals surface area contributed by atoms with Gasteiger partial charge in [-0.25, -0.2) is 4.79 Å². The van der Waals surface area contributed by atoms with E-state index in [-0.39, 0.29) is 17.6 Å². The predicted octanol–water partition coefficient (Wildman–Crippen LogP) is 4.24. The first-order valence-electron chi connectivity index (χ1n) is 9.35. The molecule has 1 aliphatic rings. The standard InChI is InChI=1S/C21H21N3O2S/c1-2-3-9-23-20(25)17-11-15-14-6-4-5-7-16(14)22-18(15)19(24(17)21(23)26)13-8-10-27-12-13/h4-8,10,12,19,22,25H,2-3,9,11H2,1H3/t19-/m0/s1. The van der Waals surface area contributed by atoms with Gasteiger partial charge in [0.2, 0.25) is 5.88 Å². The van der Waals surface area contributed by atoms with E-state index in [1.165, 1.54) is 10.1 Å². The number of rotatable bonds is 4. The van der Waals surface area contributed by atoms with Crippen molar-refractivity contribution in [3.05, 3.63) is 74.1 Å². The number of aromatic amines is 1. The Bertz CT molecular complexity index is 1180. The molecule has 0 radical (unpaired) electrons. The number of aromatic nitrogens is 3. The second kappa shape index (κ2) is 6.16. The molecule has 1 aliphatic heterocycles. The zero-order valence-corrected chi connectivity index (χ0v) is 15.9. The molecule has 6 heteroatoms. The molecule has 2 N–H and O–H groups in total. The van der Waals surface area contributed by atoms with Crippen LogP contribution in [0.5, 0.6) is 5.88 Å². The molecule has 0 saturated carbocycles. The molecular formula is C21H21N3O2S. The van der Waals surface area contributed by atoms with Crippen LogP contribution in [-0.2, 0) is 13.0 Å². The van der Waals surface area contributed by atoms with Crippen LogP contribution in [0, 0.1) is 0 Å². The smallest absolute Gasteiger partial charge is 0.332 e. The summed E-state index contributed by atoms with van der Waals surface area (Å²) < 4.78 is 3.32. The highest BCUT2D eigenvalue weighted by molar-refractivity contribution is 7.08. The number of benzene rings is 1. The maximum absolute atomic E-state index is 13.2. The van der Waals surface area contributed by atoms with E-state index >= 15 is 0 Å². The van der Waals surface area contributed by atoms with E-state index in [1.807, 2.05) is 17.5 Å². The molecule has 4 heterocycles. The molecule has 1 aromatic carbocycles. The molecule has 0 spiro atoms. The Hall–Kier alpha value is -2.73. The van der Waals surface area contributed by atoms with Crippen LogP contribution in [0.2, 0.25) is 0 Å². The molecule has 138 valence electrons. The summed E-state index contributed by atoms with van der Waals surface area (Å²) in [6.07, 6.45) is 2.40. The monoisotopic (exact) mass is 379 g/mol. The van der Waals surface area contributed by atoms with Crippen molar-refractivity contribution >= 4 is 22.2 Å². The van der Waals surface area contributed by atoms with Crippen LogP contribution in [0.1, 0.15) is 48.3 Å². The van der Waals surface area contributed by atoms with Crippen molar-refractivity contribution in [3.63, 3.8) is 0 Å². The first-order chi connectivity index (χ1) is 13.2. The van der Waals surface area contributed by atoms with Crippen molar-refractivity contribution in [2.24, 2.45) is 0 Å². The number of nitrogens with one attached hydrogen (secondary N) is 1. The fourth-order valence-corrected chi connectivity index (χ4v) is 4.91. The van der Waals surface area contributed by atoms with Gasteiger partial charge in [0.25, 0.3) is 0 Å². The average molecular weight is 379 g/mol. The molecule has 1 atom stereocenters. The third-order valence-corrected chi connectivity index (χ3v) is 6.26. The maximum atomic E-state index is 13.2. The number of imidazole rings is 1. The molecule has 27 heavy (non-hydrogen) atoms. The number of fused-ring (bicyclic) bond motifs is 4. The van der Waals surface area contributed by atoms with Gasteiger partial charge in [-0.3, -0.25) is 9.13 Å². The highest BCUT2D eigenvalue weighted by Crippen LogP contribution is 2.41. The van der Waals surface area contributed by atoms with Crippen LogP contribution >= 0.6 is 11.3 Å². The maximum Gasteiger partial charge on any atom is 0.332 e. The first-order valence-corrected chi connectivity index (χ1v) is 10.3. The number of unbranched alkanes of at least 4 members (excludes halogenated alkanes) is 1. The molecule has 0 fully saturated rings. The normalized spacial score (nSPS) is 15.8. The number of hydrogen-bond acceptors (Lipinski definition) is 3. The average Bonchev–Trinajstić information content (AvgIpc) is 3.38. The molecule has 0 amide bonds. The van der Waals surface area contributed by atoms with Gasteiger partial charge in [-0.2, -0.15) is 11.3 Å². The highest BCUT2D eigenvalue weighted by Gasteiger charge is 2.35. The summed E-state index contributed by atoms with van der Waals surface area (Å²) in [6.45, 7) is 2.63. The zero-order valence-electron chi connectivity index (χ0n) is 15.1. The van der Waals surface area contributed by atoms with Gasteiger partial charge in [0, 0.05) is 29.6 Å². The van der Waals surface area contributed by atoms with Gasteiger partial charge in [-0.05, 0) is 40.4 Å². The molecule has 4 aromatic rings. The predicted molar refractivity (Wildman–Crippen MR) is 108 cm³/mol. The van der Waals surface area contributed by atoms with Crippen LogP contribution in [0.4, 0.5) is 0 Å². The van der Waals surface area contributed by atoms with E-state index in [2.05, 4.69) is 35.5 Å². The van der Waals surface area contributed by atoms with E-state index < -0.39 is 0 Å². The minimum atomic E-state index is -0.233. The first kappa shape index (κ1) is 16.4. The number of aromatic hydroxyl groups is 1. The number of para-hydroxylation sites is 1. The zero-order chi connectivity index (χ0) is 18.5. The quantitative estimate of drug-likeness (QED) is 0.491. The molecule has 3 aromatic heterocycles. The Morgan fingerprint density at radius 3 is 2.93 bits per heavy atom. The Morgan fingerprint density at radius 1 is 1.30 bits per heavy atom. The number of H-pyrrole nitrogens is 1. The Morgan fingerprint density at radius 2 is 2.15 bits per heavy atom. The van der Waals surface area contributed by atoms with Gasteiger partial charge in [0.1, 0.15) is 6.04 Å². The highest BCUT2D eigenvalue weighted by atomic mass is 32.1. The lowest BCUT2D eigenvalue weighted by Gasteiger charge is -2.25. The van der Waals surface area contributed by atoms with Crippen LogP contribution < -0.4 is 5.69 Å². The molecule has 5 rings (SSSR count). The Balaban J connectivity index is 1.79. The van der Waals surface area contributed by atoms with E-state index in [1.54, 1.807) is 15.9 Å². The summed E-state index contributed by atoms with van der Waals surface area (Å²) in [5, 5.41) is 16.1. The summed E-state index contributed by atoms with van der Waals surface area (Å²) in [7, 11) is 0. The largest absolute Gasteiger partial charge is 0.493 e. The molecule has 0 bridgehead atoms. The van der Waals surface area contributed by atoms with Crippen LogP contribution in [0.25, 0.3) is 10.9 Å². The molecule has 0 unspecified atom stereocenters. The summed E-state index contributed by atoms with van der Waals surface area (Å²) in [4.78, 5) is 16.8. The van der Waals surface area contributed by atoms with Crippen LogP contribution in [-0.4, -0.2) is 19.2 Å². The lowest BCUT2D eigenvalue weighted by molar-refractivity contribution is 0.404. The van der Waals surface area contributed by atoms with Gasteiger partial charge in [-0.1, -0.05) is 31.5 Å². The SMILES string of the molecule is CCCCn1c(O)c2n(c1=O)[C@@H](c1ccsc1)c1[nH]c3ccccc3c1C2. The third kappa shape index (κ3) is 2.33. The van der Waals surface area contributed by atoms with Gasteiger partial charge < -0.3 is 10.1 Å². The van der Waals surface area contributed by atoms with Crippen molar-refractivity contribution in [1.82, 2.24) is 14.1 Å². The lowest BCUT2D eigenvalue weighted by Crippen LogP contribution is -2.32. The van der Waals surface area contributed by atoms with Gasteiger partial charge in [-0.15, -0.1) is 0 Å². The summed E-state index contributed by atoms with van der Waals surface area (Å²) in [5.41, 5.74) is 4.95. The number of hydrogen-bond donors (Lipinski definition) is 2. The number of thiophene rings is 1. The summed E-state index contributed by atoms with van der Waals surface area (Å²) in [6, 6.07) is 10.0. The van der Waals surface area contributed by atoms with Gasteiger partial charge >= 0.3 is 5.69 Å². The summed E-state index contributed by atoms with van der Waals surface area (Å²) >= 11 is 1.62. The fourth-order valence-electron chi connectivity index (χ4n) is 4.24. The van der Waals surface area contributed by atoms with E-state index in [0.29, 0.717) is 18.7 Å². The Labute approximate surface area is 160 Å². The minimum absolute atomic E-state index is 0.115. The van der Waals surface area contributed by atoms with Crippen molar-refractivity contribution < 1.29 is 5.11 Å². The fraction of sp³-hybridized carbons (Fsp3) is 0.286.